The average Bonchev–Trinajstić information content (AvgIpc) is 2.82. The van der Waals surface area contributed by atoms with Gasteiger partial charge in [-0.15, -0.1) is 0 Å². The maximum atomic E-state index is 13.2. The summed E-state index contributed by atoms with van der Waals surface area (Å²) in [5.41, 5.74) is 2.69. The second-order valence-corrected chi connectivity index (χ2v) is 8.44. The molecule has 1 heterocycles. The van der Waals surface area contributed by atoms with E-state index in [2.05, 4.69) is 25.7 Å². The number of ether oxygens (including phenoxy) is 3. The second kappa shape index (κ2) is 9.60. The summed E-state index contributed by atoms with van der Waals surface area (Å²) in [6.07, 6.45) is 1.10. The van der Waals surface area contributed by atoms with Gasteiger partial charge in [0.05, 0.1) is 21.3 Å². The van der Waals surface area contributed by atoms with E-state index in [0.29, 0.717) is 22.8 Å². The molecule has 0 radical (unpaired) electrons. The van der Waals surface area contributed by atoms with E-state index < -0.39 is 0 Å². The normalized spacial score (nSPS) is 15.0. The SMILES string of the molecule is CCC(C)(C)N1CCN(C(=O)c2cccc(-c3cc(OC)c(OC)c(OC)c3)c2)CC1. The van der Waals surface area contributed by atoms with E-state index in [1.54, 1.807) is 21.3 Å². The molecule has 168 valence electrons. The summed E-state index contributed by atoms with van der Waals surface area (Å²) in [4.78, 5) is 17.6. The van der Waals surface area contributed by atoms with Crippen molar-refractivity contribution >= 4 is 5.91 Å². The van der Waals surface area contributed by atoms with Gasteiger partial charge in [-0.2, -0.15) is 0 Å². The van der Waals surface area contributed by atoms with Crippen molar-refractivity contribution in [3.8, 4) is 28.4 Å². The average molecular weight is 427 g/mol. The summed E-state index contributed by atoms with van der Waals surface area (Å²) in [6.45, 7) is 10.1. The molecule has 0 unspecified atom stereocenters. The minimum atomic E-state index is 0.0725. The molecule has 6 nitrogen and oxygen atoms in total. The van der Waals surface area contributed by atoms with E-state index in [1.807, 2.05) is 41.3 Å². The zero-order valence-corrected chi connectivity index (χ0v) is 19.5. The van der Waals surface area contributed by atoms with Crippen LogP contribution in [0.3, 0.4) is 0 Å². The summed E-state index contributed by atoms with van der Waals surface area (Å²) in [6, 6.07) is 11.5. The highest BCUT2D eigenvalue weighted by atomic mass is 16.5. The second-order valence-electron chi connectivity index (χ2n) is 8.44. The number of hydrogen-bond acceptors (Lipinski definition) is 5. The predicted octanol–water partition coefficient (Wildman–Crippen LogP) is 4.33. The molecule has 3 rings (SSSR count). The number of piperazine rings is 1. The van der Waals surface area contributed by atoms with E-state index >= 15 is 0 Å². The third-order valence-electron chi connectivity index (χ3n) is 6.40. The highest BCUT2D eigenvalue weighted by molar-refractivity contribution is 5.95. The molecule has 0 bridgehead atoms. The maximum absolute atomic E-state index is 13.2. The Labute approximate surface area is 185 Å². The Morgan fingerprint density at radius 1 is 0.903 bits per heavy atom. The number of benzene rings is 2. The van der Waals surface area contributed by atoms with Crippen molar-refractivity contribution in [2.45, 2.75) is 32.7 Å². The molecule has 2 aromatic rings. The molecule has 1 aliphatic heterocycles. The van der Waals surface area contributed by atoms with E-state index in [-0.39, 0.29) is 11.4 Å². The standard InChI is InChI=1S/C25H34N2O4/c1-7-25(2,3)27-13-11-26(12-14-27)24(28)19-10-8-9-18(15-19)20-16-21(29-4)23(31-6)22(17-20)30-5/h8-10,15-17H,7,11-14H2,1-6H3. The van der Waals surface area contributed by atoms with Crippen molar-refractivity contribution in [3.05, 3.63) is 42.0 Å². The number of nitrogens with zero attached hydrogens (tertiary/aromatic N) is 2. The number of carbonyl (C=O) groups is 1. The third kappa shape index (κ3) is 4.79. The van der Waals surface area contributed by atoms with Crippen LogP contribution >= 0.6 is 0 Å². The van der Waals surface area contributed by atoms with Crippen LogP contribution in [-0.2, 0) is 0 Å². The lowest BCUT2D eigenvalue weighted by Gasteiger charge is -2.43. The molecule has 0 saturated carbocycles. The predicted molar refractivity (Wildman–Crippen MR) is 123 cm³/mol. The van der Waals surface area contributed by atoms with Crippen molar-refractivity contribution in [2.24, 2.45) is 0 Å². The first kappa shape index (κ1) is 22.9. The molecule has 1 amide bonds. The van der Waals surface area contributed by atoms with Gasteiger partial charge in [-0.1, -0.05) is 19.1 Å². The van der Waals surface area contributed by atoms with Gasteiger partial charge in [-0.25, -0.2) is 0 Å². The fraction of sp³-hybridized carbons (Fsp3) is 0.480. The summed E-state index contributed by atoms with van der Waals surface area (Å²) >= 11 is 0. The van der Waals surface area contributed by atoms with Crippen LogP contribution in [0.5, 0.6) is 17.2 Å². The zero-order chi connectivity index (χ0) is 22.6. The van der Waals surface area contributed by atoms with Crippen molar-refractivity contribution in [1.29, 1.82) is 0 Å². The summed E-state index contributed by atoms with van der Waals surface area (Å²) in [7, 11) is 4.78. The summed E-state index contributed by atoms with van der Waals surface area (Å²) in [5, 5.41) is 0. The van der Waals surface area contributed by atoms with Gasteiger partial charge in [0, 0.05) is 37.3 Å². The highest BCUT2D eigenvalue weighted by Crippen LogP contribution is 2.41. The summed E-state index contributed by atoms with van der Waals surface area (Å²) < 4.78 is 16.4. The number of amides is 1. The third-order valence-corrected chi connectivity index (χ3v) is 6.40. The Kier molecular flexibility index (Phi) is 7.11. The first-order chi connectivity index (χ1) is 14.8. The molecule has 6 heteroatoms. The van der Waals surface area contributed by atoms with E-state index in [4.69, 9.17) is 14.2 Å². The Morgan fingerprint density at radius 3 is 2.03 bits per heavy atom. The smallest absolute Gasteiger partial charge is 0.253 e. The molecule has 0 aromatic heterocycles. The van der Waals surface area contributed by atoms with Gasteiger partial charge < -0.3 is 19.1 Å². The van der Waals surface area contributed by atoms with Crippen LogP contribution in [0.4, 0.5) is 0 Å². The number of carbonyl (C=O) groups excluding carboxylic acids is 1. The molecule has 1 aliphatic rings. The molecular formula is C25H34N2O4. The van der Waals surface area contributed by atoms with E-state index in [0.717, 1.165) is 43.7 Å². The Hall–Kier alpha value is -2.73. The quantitative estimate of drug-likeness (QED) is 0.660. The van der Waals surface area contributed by atoms with Crippen LogP contribution in [0.1, 0.15) is 37.6 Å². The van der Waals surface area contributed by atoms with Crippen LogP contribution in [0, 0.1) is 0 Å². The van der Waals surface area contributed by atoms with Crippen LogP contribution in [0.15, 0.2) is 36.4 Å². The lowest BCUT2D eigenvalue weighted by molar-refractivity contribution is 0.0390. The van der Waals surface area contributed by atoms with Gasteiger partial charge >= 0.3 is 0 Å². The molecule has 31 heavy (non-hydrogen) atoms. The van der Waals surface area contributed by atoms with Gasteiger partial charge in [0.2, 0.25) is 5.75 Å². The van der Waals surface area contributed by atoms with Gasteiger partial charge in [-0.05, 0) is 55.7 Å². The first-order valence-electron chi connectivity index (χ1n) is 10.8. The fourth-order valence-corrected chi connectivity index (χ4v) is 4.00. The number of hydrogen-bond donors (Lipinski definition) is 0. The fourth-order valence-electron chi connectivity index (χ4n) is 4.00. The monoisotopic (exact) mass is 426 g/mol. The molecule has 0 aliphatic carbocycles. The van der Waals surface area contributed by atoms with Gasteiger partial charge in [0.15, 0.2) is 11.5 Å². The van der Waals surface area contributed by atoms with Crippen LogP contribution in [0.2, 0.25) is 0 Å². The van der Waals surface area contributed by atoms with E-state index in [9.17, 15) is 4.79 Å². The van der Waals surface area contributed by atoms with E-state index in [1.165, 1.54) is 0 Å². The molecule has 0 atom stereocenters. The van der Waals surface area contributed by atoms with Crippen molar-refractivity contribution in [2.75, 3.05) is 47.5 Å². The van der Waals surface area contributed by atoms with Crippen LogP contribution in [0.25, 0.3) is 11.1 Å². The lowest BCUT2D eigenvalue weighted by atomic mass is 9.98. The van der Waals surface area contributed by atoms with Crippen molar-refractivity contribution in [3.63, 3.8) is 0 Å². The Bertz CT molecular complexity index is 892. The summed E-state index contributed by atoms with van der Waals surface area (Å²) in [5.74, 6) is 1.79. The van der Waals surface area contributed by atoms with Crippen LogP contribution < -0.4 is 14.2 Å². The molecule has 2 aromatic carbocycles. The van der Waals surface area contributed by atoms with Crippen molar-refractivity contribution < 1.29 is 19.0 Å². The lowest BCUT2D eigenvalue weighted by Crippen LogP contribution is -2.55. The highest BCUT2D eigenvalue weighted by Gasteiger charge is 2.30. The van der Waals surface area contributed by atoms with Crippen LogP contribution in [-0.4, -0.2) is 68.8 Å². The molecule has 0 N–H and O–H groups in total. The minimum Gasteiger partial charge on any atom is -0.493 e. The zero-order valence-electron chi connectivity index (χ0n) is 19.5. The molecule has 0 spiro atoms. The van der Waals surface area contributed by atoms with Gasteiger partial charge in [0.1, 0.15) is 0 Å². The molecular weight excluding hydrogens is 392 g/mol. The molecule has 1 fully saturated rings. The number of rotatable bonds is 7. The first-order valence-corrected chi connectivity index (χ1v) is 10.8. The van der Waals surface area contributed by atoms with Gasteiger partial charge in [-0.3, -0.25) is 9.69 Å². The maximum Gasteiger partial charge on any atom is 0.253 e. The Morgan fingerprint density at radius 2 is 1.52 bits per heavy atom. The topological polar surface area (TPSA) is 51.2 Å². The largest absolute Gasteiger partial charge is 0.493 e. The molecule has 1 saturated heterocycles. The Balaban J connectivity index is 1.82. The van der Waals surface area contributed by atoms with Gasteiger partial charge in [0.25, 0.3) is 5.91 Å². The van der Waals surface area contributed by atoms with Crippen molar-refractivity contribution in [1.82, 2.24) is 9.80 Å². The minimum absolute atomic E-state index is 0.0725. The number of methoxy groups -OCH3 is 3.